The summed E-state index contributed by atoms with van der Waals surface area (Å²) < 4.78 is 25.6. The number of sulfone groups is 1. The summed E-state index contributed by atoms with van der Waals surface area (Å²) in [7, 11) is -3.98. The van der Waals surface area contributed by atoms with Crippen LogP contribution in [0.15, 0.2) is 0 Å². The molecule has 0 atom stereocenters. The molecule has 0 spiro atoms. The predicted molar refractivity (Wildman–Crippen MR) is 50.7 cm³/mol. The molecule has 0 radical (unpaired) electrons. The van der Waals surface area contributed by atoms with Crippen molar-refractivity contribution in [2.75, 3.05) is 5.75 Å². The van der Waals surface area contributed by atoms with Crippen molar-refractivity contribution in [3.05, 3.63) is 10.6 Å². The smallest absolute Gasteiger partial charge is 0.350 e. The molecule has 1 rings (SSSR count). The SMILES string of the molecule is CCS(=O)(=O)C(=O)c1nnsc1C(=O)O. The first-order valence-corrected chi connectivity index (χ1v) is 6.15. The predicted octanol–water partition coefficient (Wildman–Crippen LogP) is -0.189. The molecular formula is C6H6N2O5S2. The molecule has 82 valence electrons. The topological polar surface area (TPSA) is 114 Å². The zero-order chi connectivity index (χ0) is 11.6. The highest BCUT2D eigenvalue weighted by Gasteiger charge is 2.30. The zero-order valence-corrected chi connectivity index (χ0v) is 9.13. The molecule has 9 heteroatoms. The van der Waals surface area contributed by atoms with Gasteiger partial charge in [0.15, 0.2) is 10.6 Å². The second-order valence-electron chi connectivity index (χ2n) is 2.45. The lowest BCUT2D eigenvalue weighted by atomic mass is 10.4. The van der Waals surface area contributed by atoms with Gasteiger partial charge in [0.25, 0.3) is 5.12 Å². The summed E-state index contributed by atoms with van der Waals surface area (Å²) in [6, 6.07) is 0. The third-order valence-corrected chi connectivity index (χ3v) is 3.77. The van der Waals surface area contributed by atoms with Crippen molar-refractivity contribution in [3.63, 3.8) is 0 Å². The third kappa shape index (κ3) is 2.18. The van der Waals surface area contributed by atoms with Crippen molar-refractivity contribution >= 4 is 32.5 Å². The summed E-state index contributed by atoms with van der Waals surface area (Å²) >= 11 is 0.467. The Labute approximate surface area is 88.8 Å². The van der Waals surface area contributed by atoms with Gasteiger partial charge in [0.2, 0.25) is 9.84 Å². The lowest BCUT2D eigenvalue weighted by Crippen LogP contribution is -2.19. The van der Waals surface area contributed by atoms with E-state index in [-0.39, 0.29) is 0 Å². The molecule has 0 amide bonds. The lowest BCUT2D eigenvalue weighted by Gasteiger charge is -1.96. The highest BCUT2D eigenvalue weighted by Crippen LogP contribution is 2.14. The van der Waals surface area contributed by atoms with E-state index >= 15 is 0 Å². The van der Waals surface area contributed by atoms with Gasteiger partial charge in [-0.15, -0.1) is 5.10 Å². The van der Waals surface area contributed by atoms with Crippen LogP contribution in [0.25, 0.3) is 0 Å². The summed E-state index contributed by atoms with van der Waals surface area (Å²) in [6.45, 7) is 1.29. The molecule has 15 heavy (non-hydrogen) atoms. The Kier molecular flexibility index (Phi) is 3.15. The van der Waals surface area contributed by atoms with Crippen LogP contribution in [0.2, 0.25) is 0 Å². The molecule has 1 N–H and O–H groups in total. The van der Waals surface area contributed by atoms with Crippen LogP contribution >= 0.6 is 11.5 Å². The number of aromatic carboxylic acids is 1. The van der Waals surface area contributed by atoms with Crippen LogP contribution in [0.3, 0.4) is 0 Å². The molecule has 0 aliphatic heterocycles. The molecule has 0 aliphatic rings. The van der Waals surface area contributed by atoms with Crippen LogP contribution in [0, 0.1) is 0 Å². The van der Waals surface area contributed by atoms with E-state index in [0.29, 0.717) is 11.5 Å². The number of rotatable bonds is 3. The van der Waals surface area contributed by atoms with Crippen molar-refractivity contribution in [1.29, 1.82) is 0 Å². The van der Waals surface area contributed by atoms with Gasteiger partial charge in [-0.05, 0) is 11.5 Å². The lowest BCUT2D eigenvalue weighted by molar-refractivity contribution is 0.0698. The Morgan fingerprint density at radius 1 is 1.47 bits per heavy atom. The molecule has 0 bridgehead atoms. The van der Waals surface area contributed by atoms with Gasteiger partial charge in [-0.2, -0.15) is 0 Å². The molecule has 0 fully saturated rings. The summed E-state index contributed by atoms with van der Waals surface area (Å²) in [5.41, 5.74) is -0.616. The number of aromatic nitrogens is 2. The minimum absolute atomic E-state index is 0.400. The van der Waals surface area contributed by atoms with Gasteiger partial charge in [-0.25, -0.2) is 13.2 Å². The number of nitrogens with zero attached hydrogens (tertiary/aromatic N) is 2. The first-order valence-electron chi connectivity index (χ1n) is 3.73. The van der Waals surface area contributed by atoms with E-state index in [4.69, 9.17) is 5.11 Å². The Balaban J connectivity index is 3.24. The van der Waals surface area contributed by atoms with Gasteiger partial charge in [-0.3, -0.25) is 4.79 Å². The van der Waals surface area contributed by atoms with Crippen LogP contribution in [0.4, 0.5) is 0 Å². The molecule has 0 unspecified atom stereocenters. The fourth-order valence-electron chi connectivity index (χ4n) is 0.743. The maximum Gasteiger partial charge on any atom is 0.350 e. The zero-order valence-electron chi connectivity index (χ0n) is 7.50. The van der Waals surface area contributed by atoms with E-state index in [1.165, 1.54) is 6.92 Å². The quantitative estimate of drug-likeness (QED) is 0.790. The molecule has 1 heterocycles. The third-order valence-electron chi connectivity index (χ3n) is 1.54. The van der Waals surface area contributed by atoms with Crippen LogP contribution < -0.4 is 0 Å². The maximum absolute atomic E-state index is 11.3. The largest absolute Gasteiger partial charge is 0.477 e. The summed E-state index contributed by atoms with van der Waals surface area (Å²) in [6.07, 6.45) is 0. The Morgan fingerprint density at radius 3 is 2.53 bits per heavy atom. The molecule has 1 aromatic heterocycles. The normalized spacial score (nSPS) is 11.3. The molecule has 0 aliphatic carbocycles. The Bertz CT molecular complexity index is 503. The van der Waals surface area contributed by atoms with E-state index in [0.717, 1.165) is 0 Å². The van der Waals surface area contributed by atoms with Crippen molar-refractivity contribution in [3.8, 4) is 0 Å². The molecule has 1 aromatic rings. The number of hydrogen-bond donors (Lipinski definition) is 1. The molecule has 0 saturated carbocycles. The Hall–Kier alpha value is -1.35. The van der Waals surface area contributed by atoms with E-state index in [1.807, 2.05) is 0 Å². The highest BCUT2D eigenvalue weighted by molar-refractivity contribution is 8.06. The van der Waals surface area contributed by atoms with E-state index in [2.05, 4.69) is 9.59 Å². The average Bonchev–Trinajstić information content (AvgIpc) is 2.64. The van der Waals surface area contributed by atoms with Crippen molar-refractivity contribution in [2.45, 2.75) is 6.92 Å². The summed E-state index contributed by atoms with van der Waals surface area (Å²) in [5.74, 6) is -1.82. The van der Waals surface area contributed by atoms with E-state index < -0.39 is 37.2 Å². The van der Waals surface area contributed by atoms with Crippen LogP contribution in [0.5, 0.6) is 0 Å². The molecule has 7 nitrogen and oxygen atoms in total. The monoisotopic (exact) mass is 250 g/mol. The van der Waals surface area contributed by atoms with E-state index in [9.17, 15) is 18.0 Å². The van der Waals surface area contributed by atoms with Gasteiger partial charge in [0.1, 0.15) is 0 Å². The standard InChI is InChI=1S/C6H6N2O5S2/c1-2-15(12,13)6(11)3-4(5(9)10)14-8-7-3/h2H2,1H3,(H,9,10). The van der Waals surface area contributed by atoms with Gasteiger partial charge in [0.05, 0.1) is 5.75 Å². The number of carboxylic acid groups (broad SMARTS) is 1. The van der Waals surface area contributed by atoms with Crippen LogP contribution in [-0.2, 0) is 9.84 Å². The summed E-state index contributed by atoms with van der Waals surface area (Å²) in [5, 5.41) is 10.5. The molecule has 0 aromatic carbocycles. The summed E-state index contributed by atoms with van der Waals surface area (Å²) in [4.78, 5) is 21.5. The Morgan fingerprint density at radius 2 is 2.07 bits per heavy atom. The van der Waals surface area contributed by atoms with Crippen molar-refractivity contribution in [1.82, 2.24) is 9.59 Å². The van der Waals surface area contributed by atoms with Gasteiger partial charge in [-0.1, -0.05) is 11.4 Å². The number of carboxylic acids is 1. The second kappa shape index (κ2) is 4.03. The number of carbonyl (C=O) groups excluding carboxylic acids is 1. The van der Waals surface area contributed by atoms with Crippen molar-refractivity contribution in [2.24, 2.45) is 0 Å². The fourth-order valence-corrected chi connectivity index (χ4v) is 2.01. The van der Waals surface area contributed by atoms with Gasteiger partial charge in [0, 0.05) is 0 Å². The number of hydrogen-bond acceptors (Lipinski definition) is 7. The van der Waals surface area contributed by atoms with E-state index in [1.54, 1.807) is 0 Å². The van der Waals surface area contributed by atoms with Gasteiger partial charge >= 0.3 is 5.97 Å². The van der Waals surface area contributed by atoms with Crippen LogP contribution in [0.1, 0.15) is 27.1 Å². The average molecular weight is 250 g/mol. The number of carbonyl (C=O) groups is 2. The minimum atomic E-state index is -3.98. The molecule has 0 saturated heterocycles. The maximum atomic E-state index is 11.3. The van der Waals surface area contributed by atoms with Crippen molar-refractivity contribution < 1.29 is 23.1 Å². The first-order chi connectivity index (χ1) is 6.90. The second-order valence-corrected chi connectivity index (χ2v) is 5.38. The van der Waals surface area contributed by atoms with Gasteiger partial charge < -0.3 is 5.11 Å². The fraction of sp³-hybridized carbons (Fsp3) is 0.333. The van der Waals surface area contributed by atoms with Crippen LogP contribution in [-0.4, -0.2) is 39.9 Å². The first kappa shape index (κ1) is 11.7. The molecular weight excluding hydrogens is 244 g/mol. The highest BCUT2D eigenvalue weighted by atomic mass is 32.2. The minimum Gasteiger partial charge on any atom is -0.477 e.